The van der Waals surface area contributed by atoms with Gasteiger partial charge in [-0.05, 0) is 44.5 Å². The Morgan fingerprint density at radius 1 is 1.24 bits per heavy atom. The van der Waals surface area contributed by atoms with Crippen molar-refractivity contribution in [1.29, 1.82) is 0 Å². The van der Waals surface area contributed by atoms with E-state index in [4.69, 9.17) is 9.15 Å². The van der Waals surface area contributed by atoms with Crippen LogP contribution in [-0.2, 0) is 10.2 Å². The fraction of sp³-hybridized carbons (Fsp3) is 0.400. The summed E-state index contributed by atoms with van der Waals surface area (Å²) in [5.74, 6) is 0.874. The highest BCUT2D eigenvalue weighted by atomic mass is 16.6. The van der Waals surface area contributed by atoms with Crippen LogP contribution in [-0.4, -0.2) is 24.5 Å². The number of rotatable bonds is 2. The summed E-state index contributed by atoms with van der Waals surface area (Å²) < 4.78 is 11.1. The van der Waals surface area contributed by atoms with Gasteiger partial charge < -0.3 is 9.15 Å². The zero-order valence-corrected chi connectivity index (χ0v) is 15.3. The van der Waals surface area contributed by atoms with Crippen molar-refractivity contribution in [3.8, 4) is 11.3 Å². The summed E-state index contributed by atoms with van der Waals surface area (Å²) >= 11 is 0. The van der Waals surface area contributed by atoms with Crippen molar-refractivity contribution >= 4 is 18.1 Å². The van der Waals surface area contributed by atoms with Gasteiger partial charge in [-0.3, -0.25) is 9.69 Å². The monoisotopic (exact) mass is 341 g/mol. The summed E-state index contributed by atoms with van der Waals surface area (Å²) in [6, 6.07) is 9.26. The quantitative estimate of drug-likeness (QED) is 0.737. The SMILES string of the molecule is CC(C)(C)OC(=O)N1CC(C)(C)c2ccc(-c3ccc(C=O)o3)cc21. The predicted octanol–water partition coefficient (Wildman–Crippen LogP) is 4.79. The fourth-order valence-electron chi connectivity index (χ4n) is 3.10. The molecule has 0 aliphatic carbocycles. The molecule has 0 unspecified atom stereocenters. The van der Waals surface area contributed by atoms with Crippen molar-refractivity contribution in [1.82, 2.24) is 0 Å². The molecule has 5 heteroatoms. The molecular weight excluding hydrogens is 318 g/mol. The number of hydrogen-bond acceptors (Lipinski definition) is 4. The van der Waals surface area contributed by atoms with Crippen LogP contribution in [0.25, 0.3) is 11.3 Å². The molecule has 0 N–H and O–H groups in total. The van der Waals surface area contributed by atoms with E-state index in [0.717, 1.165) is 16.8 Å². The van der Waals surface area contributed by atoms with Crippen LogP contribution in [0.15, 0.2) is 34.7 Å². The van der Waals surface area contributed by atoms with Crippen LogP contribution in [0.5, 0.6) is 0 Å². The smallest absolute Gasteiger partial charge is 0.414 e. The number of nitrogens with zero attached hydrogens (tertiary/aromatic N) is 1. The van der Waals surface area contributed by atoms with E-state index in [1.807, 2.05) is 39.0 Å². The first-order valence-corrected chi connectivity index (χ1v) is 8.31. The number of hydrogen-bond donors (Lipinski definition) is 0. The third kappa shape index (κ3) is 3.31. The van der Waals surface area contributed by atoms with Crippen LogP contribution in [0.4, 0.5) is 10.5 Å². The first-order valence-electron chi connectivity index (χ1n) is 8.31. The fourth-order valence-corrected chi connectivity index (χ4v) is 3.10. The average molecular weight is 341 g/mol. The topological polar surface area (TPSA) is 59.8 Å². The summed E-state index contributed by atoms with van der Waals surface area (Å²) in [5, 5.41) is 0. The van der Waals surface area contributed by atoms with Gasteiger partial charge in [0.05, 0.1) is 5.69 Å². The third-order valence-electron chi connectivity index (χ3n) is 4.21. The second kappa shape index (κ2) is 5.76. The zero-order chi connectivity index (χ0) is 18.4. The van der Waals surface area contributed by atoms with Crippen molar-refractivity contribution in [2.45, 2.75) is 45.6 Å². The van der Waals surface area contributed by atoms with Crippen molar-refractivity contribution in [3.05, 3.63) is 41.7 Å². The molecule has 2 heterocycles. The minimum Gasteiger partial charge on any atom is -0.453 e. The number of amides is 1. The zero-order valence-electron chi connectivity index (χ0n) is 15.3. The number of carbonyl (C=O) groups excluding carboxylic acids is 2. The summed E-state index contributed by atoms with van der Waals surface area (Å²) in [5.41, 5.74) is 2.01. The molecule has 0 fully saturated rings. The molecule has 1 aromatic heterocycles. The Hall–Kier alpha value is -2.56. The van der Waals surface area contributed by atoms with Crippen LogP contribution in [0, 0.1) is 0 Å². The summed E-state index contributed by atoms with van der Waals surface area (Å²) in [6.07, 6.45) is 0.317. The predicted molar refractivity (Wildman–Crippen MR) is 96.1 cm³/mol. The van der Waals surface area contributed by atoms with Crippen molar-refractivity contribution in [3.63, 3.8) is 0 Å². The van der Waals surface area contributed by atoms with Gasteiger partial charge in [0.15, 0.2) is 12.0 Å². The number of benzene rings is 1. The molecule has 1 amide bonds. The molecule has 0 bridgehead atoms. The van der Waals surface area contributed by atoms with Gasteiger partial charge in [-0.2, -0.15) is 0 Å². The van der Waals surface area contributed by atoms with Crippen LogP contribution >= 0.6 is 0 Å². The second-order valence-electron chi connectivity index (χ2n) is 8.00. The lowest BCUT2D eigenvalue weighted by atomic mass is 9.86. The molecule has 0 atom stereocenters. The van der Waals surface area contributed by atoms with Crippen LogP contribution in [0.2, 0.25) is 0 Å². The van der Waals surface area contributed by atoms with Gasteiger partial charge in [-0.1, -0.05) is 26.0 Å². The number of anilines is 1. The van der Waals surface area contributed by atoms with Crippen LogP contribution < -0.4 is 4.90 Å². The second-order valence-corrected chi connectivity index (χ2v) is 8.00. The molecule has 1 aromatic carbocycles. The molecule has 3 rings (SSSR count). The number of ether oxygens (including phenoxy) is 1. The Labute approximate surface area is 147 Å². The van der Waals surface area contributed by atoms with Crippen LogP contribution in [0.3, 0.4) is 0 Å². The highest BCUT2D eigenvalue weighted by Crippen LogP contribution is 2.43. The first kappa shape index (κ1) is 17.3. The van der Waals surface area contributed by atoms with Gasteiger partial charge in [-0.15, -0.1) is 0 Å². The molecular formula is C20H23NO4. The maximum Gasteiger partial charge on any atom is 0.414 e. The van der Waals surface area contributed by atoms with Crippen LogP contribution in [0.1, 0.15) is 50.7 Å². The molecule has 5 nitrogen and oxygen atoms in total. The van der Waals surface area contributed by atoms with E-state index in [-0.39, 0.29) is 17.3 Å². The van der Waals surface area contributed by atoms with Crippen molar-refractivity contribution < 1.29 is 18.7 Å². The molecule has 0 radical (unpaired) electrons. The minimum atomic E-state index is -0.554. The lowest BCUT2D eigenvalue weighted by Crippen LogP contribution is -2.38. The highest BCUT2D eigenvalue weighted by Gasteiger charge is 2.40. The third-order valence-corrected chi connectivity index (χ3v) is 4.21. The van der Waals surface area contributed by atoms with E-state index in [2.05, 4.69) is 13.8 Å². The van der Waals surface area contributed by atoms with E-state index in [1.165, 1.54) is 0 Å². The van der Waals surface area contributed by atoms with E-state index >= 15 is 0 Å². The lowest BCUT2D eigenvalue weighted by molar-refractivity contribution is 0.0579. The largest absolute Gasteiger partial charge is 0.453 e. The van der Waals surface area contributed by atoms with E-state index in [1.54, 1.807) is 17.0 Å². The van der Waals surface area contributed by atoms with Gasteiger partial charge in [0.1, 0.15) is 11.4 Å². The number of carbonyl (C=O) groups is 2. The molecule has 132 valence electrons. The molecule has 2 aromatic rings. The number of fused-ring (bicyclic) bond motifs is 1. The molecule has 1 aliphatic heterocycles. The molecule has 0 saturated heterocycles. The van der Waals surface area contributed by atoms with Gasteiger partial charge in [0, 0.05) is 17.5 Å². The van der Waals surface area contributed by atoms with Gasteiger partial charge in [0.2, 0.25) is 0 Å². The maximum atomic E-state index is 12.6. The average Bonchev–Trinajstić information content (AvgIpc) is 3.08. The molecule has 0 spiro atoms. The summed E-state index contributed by atoms with van der Waals surface area (Å²) in [6.45, 7) is 10.3. The normalized spacial score (nSPS) is 15.8. The Morgan fingerprint density at radius 2 is 1.96 bits per heavy atom. The summed E-state index contributed by atoms with van der Waals surface area (Å²) in [4.78, 5) is 25.2. The summed E-state index contributed by atoms with van der Waals surface area (Å²) in [7, 11) is 0. The Balaban J connectivity index is 2.01. The van der Waals surface area contributed by atoms with Crippen molar-refractivity contribution in [2.24, 2.45) is 0 Å². The van der Waals surface area contributed by atoms with E-state index < -0.39 is 5.60 Å². The first-order chi connectivity index (χ1) is 11.6. The van der Waals surface area contributed by atoms with E-state index in [9.17, 15) is 9.59 Å². The van der Waals surface area contributed by atoms with Gasteiger partial charge in [0.25, 0.3) is 0 Å². The Kier molecular flexibility index (Phi) is 3.98. The minimum absolute atomic E-state index is 0.165. The molecule has 0 saturated carbocycles. The van der Waals surface area contributed by atoms with Gasteiger partial charge in [-0.25, -0.2) is 4.79 Å². The van der Waals surface area contributed by atoms with Crippen molar-refractivity contribution in [2.75, 3.05) is 11.4 Å². The number of aldehydes is 1. The Bertz CT molecular complexity index is 826. The Morgan fingerprint density at radius 3 is 2.56 bits per heavy atom. The maximum absolute atomic E-state index is 12.6. The molecule has 1 aliphatic rings. The highest BCUT2D eigenvalue weighted by molar-refractivity contribution is 5.92. The van der Waals surface area contributed by atoms with Gasteiger partial charge >= 0.3 is 6.09 Å². The van der Waals surface area contributed by atoms with E-state index in [0.29, 0.717) is 18.6 Å². The molecule has 25 heavy (non-hydrogen) atoms. The number of furan rings is 1. The lowest BCUT2D eigenvalue weighted by Gasteiger charge is -2.26. The standard InChI is InChI=1S/C20H23NO4/c1-19(2,3)25-18(23)21-12-20(4,5)15-8-6-13(10-16(15)21)17-9-7-14(11-22)24-17/h6-11H,12H2,1-5H3.